The minimum absolute atomic E-state index is 0.0235. The zero-order valence-corrected chi connectivity index (χ0v) is 18.4. The van der Waals surface area contributed by atoms with Crippen LogP contribution < -0.4 is 14.2 Å². The summed E-state index contributed by atoms with van der Waals surface area (Å²) in [4.78, 5) is 24.6. The van der Waals surface area contributed by atoms with Crippen LogP contribution in [0.3, 0.4) is 0 Å². The molecule has 1 aliphatic rings. The van der Waals surface area contributed by atoms with Crippen molar-refractivity contribution in [1.82, 2.24) is 0 Å². The molecule has 4 rings (SSSR count). The Morgan fingerprint density at radius 3 is 2.14 bits per heavy atom. The van der Waals surface area contributed by atoms with E-state index in [2.05, 4.69) is 4.74 Å². The zero-order valence-electron chi connectivity index (χ0n) is 16.9. The molecule has 0 radical (unpaired) electrons. The number of ether oxygens (including phenoxy) is 3. The second-order valence-electron chi connectivity index (χ2n) is 6.89. The van der Waals surface area contributed by atoms with E-state index in [9.17, 15) is 31.5 Å². The van der Waals surface area contributed by atoms with Crippen LogP contribution in [-0.2, 0) is 4.79 Å². The number of fused-ring (bicyclic) bond motifs is 1. The molecular formula is C23H9Cl2F5O5. The normalized spacial score (nSPS) is 13.6. The van der Waals surface area contributed by atoms with Gasteiger partial charge in [-0.15, -0.1) is 0 Å². The molecule has 0 saturated heterocycles. The Morgan fingerprint density at radius 2 is 1.51 bits per heavy atom. The van der Waals surface area contributed by atoms with Gasteiger partial charge in [0.05, 0.1) is 5.56 Å². The highest BCUT2D eigenvalue weighted by atomic mass is 35.5. The van der Waals surface area contributed by atoms with Gasteiger partial charge in [-0.3, -0.25) is 4.79 Å². The van der Waals surface area contributed by atoms with E-state index in [4.69, 9.17) is 32.7 Å². The Balaban J connectivity index is 1.48. The van der Waals surface area contributed by atoms with Crippen LogP contribution >= 0.6 is 23.2 Å². The molecule has 0 amide bonds. The summed E-state index contributed by atoms with van der Waals surface area (Å²) in [6, 6.07) is 8.45. The molecule has 1 heterocycles. The van der Waals surface area contributed by atoms with Gasteiger partial charge in [0.25, 0.3) is 0 Å². The molecule has 0 aromatic heterocycles. The van der Waals surface area contributed by atoms with Crippen molar-refractivity contribution >= 4 is 41.0 Å². The molecule has 0 fully saturated rings. The first-order valence-electron chi connectivity index (χ1n) is 9.45. The number of halogens is 7. The third kappa shape index (κ3) is 4.67. The van der Waals surface area contributed by atoms with Gasteiger partial charge in [-0.2, -0.15) is 8.78 Å². The number of carbonyl (C=O) groups excluding carboxylic acids is 2. The number of Topliss-reactive ketones (excluding diaryl/α,β-unsaturated/α-hetero) is 1. The van der Waals surface area contributed by atoms with Crippen LogP contribution in [0.2, 0.25) is 10.0 Å². The molecule has 5 nitrogen and oxygen atoms in total. The van der Waals surface area contributed by atoms with E-state index in [1.54, 1.807) is 18.2 Å². The molecule has 0 saturated carbocycles. The average molecular weight is 531 g/mol. The molecule has 3 aromatic rings. The zero-order chi connectivity index (χ0) is 25.4. The van der Waals surface area contributed by atoms with Crippen LogP contribution in [0, 0.1) is 29.1 Å². The lowest BCUT2D eigenvalue weighted by Crippen LogP contribution is -2.19. The summed E-state index contributed by atoms with van der Waals surface area (Å²) in [7, 11) is 0. The first-order valence-corrected chi connectivity index (χ1v) is 10.2. The number of rotatable bonds is 5. The molecule has 12 heteroatoms. The quantitative estimate of drug-likeness (QED) is 0.0968. The van der Waals surface area contributed by atoms with Crippen LogP contribution in [0.15, 0.2) is 42.2 Å². The van der Waals surface area contributed by atoms with Crippen molar-refractivity contribution in [3.63, 3.8) is 0 Å². The lowest BCUT2D eigenvalue weighted by atomic mass is 10.1. The summed E-state index contributed by atoms with van der Waals surface area (Å²) in [5.74, 6) is -14.9. The number of benzene rings is 3. The Kier molecular flexibility index (Phi) is 6.68. The molecule has 0 aliphatic carbocycles. The highest BCUT2D eigenvalue weighted by Crippen LogP contribution is 2.37. The molecule has 0 unspecified atom stereocenters. The van der Waals surface area contributed by atoms with E-state index in [-0.39, 0.29) is 32.9 Å². The number of hydrogen-bond acceptors (Lipinski definition) is 5. The van der Waals surface area contributed by atoms with Crippen molar-refractivity contribution < 1.29 is 45.8 Å². The van der Waals surface area contributed by atoms with Crippen LogP contribution in [0.4, 0.5) is 22.0 Å². The largest absolute Gasteiger partial charge is 0.476 e. The van der Waals surface area contributed by atoms with E-state index in [0.29, 0.717) is 5.56 Å². The maximum atomic E-state index is 13.6. The summed E-state index contributed by atoms with van der Waals surface area (Å²) in [5, 5.41) is 0.557. The summed E-state index contributed by atoms with van der Waals surface area (Å²) < 4.78 is 81.7. The summed E-state index contributed by atoms with van der Waals surface area (Å²) >= 11 is 12.2. The third-order valence-corrected chi connectivity index (χ3v) is 5.31. The minimum Gasteiger partial charge on any atom is -0.476 e. The van der Waals surface area contributed by atoms with Gasteiger partial charge in [0.15, 0.2) is 18.1 Å². The van der Waals surface area contributed by atoms with Crippen LogP contribution in [0.25, 0.3) is 6.08 Å². The van der Waals surface area contributed by atoms with Crippen LogP contribution in [0.5, 0.6) is 17.2 Å². The van der Waals surface area contributed by atoms with Gasteiger partial charge in [0.1, 0.15) is 11.5 Å². The van der Waals surface area contributed by atoms with Gasteiger partial charge in [-0.25, -0.2) is 18.0 Å². The van der Waals surface area contributed by atoms with Gasteiger partial charge >= 0.3 is 5.97 Å². The SMILES string of the molecule is O=C(COc1c(F)c(F)c(F)c(F)c1F)Oc1ccc2c(c1)O/C(=C\c1c(Cl)cccc1Cl)C2=O. The van der Waals surface area contributed by atoms with Crippen molar-refractivity contribution in [2.24, 2.45) is 0 Å². The number of carbonyl (C=O) groups is 2. The first kappa shape index (κ1) is 24.5. The molecule has 0 bridgehead atoms. The Labute approximate surface area is 203 Å². The smallest absolute Gasteiger partial charge is 0.349 e. The molecule has 35 heavy (non-hydrogen) atoms. The molecule has 0 spiro atoms. The Bertz CT molecular complexity index is 1370. The van der Waals surface area contributed by atoms with Crippen LogP contribution in [-0.4, -0.2) is 18.4 Å². The molecule has 0 atom stereocenters. The van der Waals surface area contributed by atoms with E-state index < -0.39 is 53.2 Å². The monoisotopic (exact) mass is 530 g/mol. The predicted molar refractivity (Wildman–Crippen MR) is 113 cm³/mol. The number of allylic oxidation sites excluding steroid dienone is 1. The lowest BCUT2D eigenvalue weighted by Gasteiger charge is -2.10. The van der Waals surface area contributed by atoms with Crippen molar-refractivity contribution in [3.8, 4) is 17.2 Å². The molecule has 0 N–H and O–H groups in total. The number of ketones is 1. The predicted octanol–water partition coefficient (Wildman–Crippen LogP) is 6.29. The summed E-state index contributed by atoms with van der Waals surface area (Å²) in [6.45, 7) is -1.19. The van der Waals surface area contributed by atoms with Crippen molar-refractivity contribution in [1.29, 1.82) is 0 Å². The topological polar surface area (TPSA) is 61.8 Å². The highest BCUT2D eigenvalue weighted by Gasteiger charge is 2.30. The van der Waals surface area contributed by atoms with E-state index in [0.717, 1.165) is 0 Å². The van der Waals surface area contributed by atoms with Crippen molar-refractivity contribution in [2.45, 2.75) is 0 Å². The fourth-order valence-corrected chi connectivity index (χ4v) is 3.52. The Hall–Kier alpha value is -3.63. The average Bonchev–Trinajstić information content (AvgIpc) is 3.13. The first-order chi connectivity index (χ1) is 16.6. The van der Waals surface area contributed by atoms with Gasteiger partial charge in [-0.05, 0) is 30.3 Å². The van der Waals surface area contributed by atoms with Gasteiger partial charge in [0.2, 0.25) is 34.9 Å². The molecule has 180 valence electrons. The maximum Gasteiger partial charge on any atom is 0.349 e. The van der Waals surface area contributed by atoms with E-state index in [1.807, 2.05) is 0 Å². The molecular weight excluding hydrogens is 522 g/mol. The number of esters is 1. The second kappa shape index (κ2) is 9.55. The maximum absolute atomic E-state index is 13.6. The molecule has 3 aromatic carbocycles. The van der Waals surface area contributed by atoms with Crippen molar-refractivity contribution in [3.05, 3.63) is 92.4 Å². The van der Waals surface area contributed by atoms with Gasteiger partial charge in [-0.1, -0.05) is 29.3 Å². The van der Waals surface area contributed by atoms with Crippen LogP contribution in [0.1, 0.15) is 15.9 Å². The second-order valence-corrected chi connectivity index (χ2v) is 7.71. The minimum atomic E-state index is -2.37. The molecule has 1 aliphatic heterocycles. The lowest BCUT2D eigenvalue weighted by molar-refractivity contribution is -0.136. The van der Waals surface area contributed by atoms with Crippen molar-refractivity contribution in [2.75, 3.05) is 6.61 Å². The standard InChI is InChI=1S/C23H9Cl2F5O5/c24-12-2-1-3-13(25)11(12)7-15-22(32)10-5-4-9(6-14(10)35-15)34-16(31)8-33-23-20(29)18(27)17(26)19(28)21(23)30/h1-7H,8H2/b15-7-. The summed E-state index contributed by atoms with van der Waals surface area (Å²) in [5.41, 5.74) is 0.487. The van der Waals surface area contributed by atoms with E-state index >= 15 is 0 Å². The third-order valence-electron chi connectivity index (χ3n) is 4.65. The fraction of sp³-hybridized carbons (Fsp3) is 0.0435. The van der Waals surface area contributed by atoms with Gasteiger partial charge in [0, 0.05) is 21.7 Å². The Morgan fingerprint density at radius 1 is 0.914 bits per heavy atom. The van der Waals surface area contributed by atoms with Gasteiger partial charge < -0.3 is 14.2 Å². The fourth-order valence-electron chi connectivity index (χ4n) is 3.01. The highest BCUT2D eigenvalue weighted by molar-refractivity contribution is 6.37. The number of hydrogen-bond donors (Lipinski definition) is 0. The summed E-state index contributed by atoms with van der Waals surface area (Å²) in [6.07, 6.45) is 1.34. The van der Waals surface area contributed by atoms with E-state index in [1.165, 1.54) is 24.3 Å².